The van der Waals surface area contributed by atoms with Gasteiger partial charge in [-0.2, -0.15) is 0 Å². The van der Waals surface area contributed by atoms with E-state index in [0.29, 0.717) is 12.3 Å². The highest BCUT2D eigenvalue weighted by Crippen LogP contribution is 2.28. The summed E-state index contributed by atoms with van der Waals surface area (Å²) in [5.74, 6) is 0.632. The number of esters is 1. The number of carbonyl (C=O) groups excluding carboxylic acids is 1. The van der Waals surface area contributed by atoms with E-state index >= 15 is 0 Å². The molecule has 0 spiro atoms. The number of ether oxygens (including phenoxy) is 1. The number of hydrogen-bond acceptors (Lipinski definition) is 2. The molecule has 0 radical (unpaired) electrons. The number of unbranched alkanes of at least 4 members (excludes halogenated alkanes) is 4. The van der Waals surface area contributed by atoms with Crippen LogP contribution in [0.3, 0.4) is 0 Å². The Kier molecular flexibility index (Phi) is 8.11. The van der Waals surface area contributed by atoms with Crippen LogP contribution in [0.4, 0.5) is 0 Å². The van der Waals surface area contributed by atoms with Gasteiger partial charge in [0.2, 0.25) is 0 Å². The van der Waals surface area contributed by atoms with Gasteiger partial charge in [0.25, 0.3) is 0 Å². The minimum absolute atomic E-state index is 0.0181. The van der Waals surface area contributed by atoms with Crippen molar-refractivity contribution in [1.29, 1.82) is 0 Å². The van der Waals surface area contributed by atoms with E-state index in [1.54, 1.807) is 0 Å². The fraction of sp³-hybridized carbons (Fsp3) is 0.938. The summed E-state index contributed by atoms with van der Waals surface area (Å²) in [7, 11) is 0. The molecule has 106 valence electrons. The second-order valence-corrected chi connectivity index (χ2v) is 5.76. The number of carbonyl (C=O) groups is 1. The quantitative estimate of drug-likeness (QED) is 0.457. The maximum atomic E-state index is 11.7. The van der Waals surface area contributed by atoms with E-state index in [4.69, 9.17) is 4.74 Å². The molecule has 0 aromatic heterocycles. The van der Waals surface area contributed by atoms with Crippen LogP contribution >= 0.6 is 0 Å². The van der Waals surface area contributed by atoms with Crippen molar-refractivity contribution in [3.05, 3.63) is 0 Å². The van der Waals surface area contributed by atoms with E-state index in [-0.39, 0.29) is 12.1 Å². The third-order valence-electron chi connectivity index (χ3n) is 4.12. The molecule has 0 aromatic rings. The summed E-state index contributed by atoms with van der Waals surface area (Å²) < 4.78 is 5.56. The van der Waals surface area contributed by atoms with Gasteiger partial charge in [0, 0.05) is 6.42 Å². The first-order chi connectivity index (χ1) is 8.74. The average Bonchev–Trinajstić information content (AvgIpc) is 2.39. The van der Waals surface area contributed by atoms with Crippen molar-refractivity contribution in [3.8, 4) is 0 Å². The summed E-state index contributed by atoms with van der Waals surface area (Å²) in [6.07, 6.45) is 13.2. The van der Waals surface area contributed by atoms with Crippen LogP contribution in [0.25, 0.3) is 0 Å². The summed E-state index contributed by atoms with van der Waals surface area (Å²) in [6, 6.07) is 0. The molecule has 0 unspecified atom stereocenters. The molecule has 1 fully saturated rings. The Balaban J connectivity index is 2.07. The Morgan fingerprint density at radius 2 is 1.78 bits per heavy atom. The number of rotatable bonds is 8. The minimum atomic E-state index is 0.0181. The van der Waals surface area contributed by atoms with Crippen molar-refractivity contribution >= 4 is 5.97 Å². The third-order valence-corrected chi connectivity index (χ3v) is 4.12. The fourth-order valence-corrected chi connectivity index (χ4v) is 2.84. The zero-order valence-electron chi connectivity index (χ0n) is 12.2. The van der Waals surface area contributed by atoms with Gasteiger partial charge in [-0.15, -0.1) is 0 Å². The zero-order chi connectivity index (χ0) is 13.2. The maximum absolute atomic E-state index is 11.7. The van der Waals surface area contributed by atoms with E-state index in [1.807, 2.05) is 0 Å². The molecule has 0 N–H and O–H groups in total. The van der Waals surface area contributed by atoms with Crippen molar-refractivity contribution in [2.24, 2.45) is 5.92 Å². The van der Waals surface area contributed by atoms with E-state index in [9.17, 15) is 4.79 Å². The van der Waals surface area contributed by atoms with Gasteiger partial charge in [-0.05, 0) is 32.1 Å². The predicted octanol–water partition coefficient (Wildman–Crippen LogP) is 4.86. The van der Waals surface area contributed by atoms with Gasteiger partial charge < -0.3 is 4.74 Å². The smallest absolute Gasteiger partial charge is 0.306 e. The topological polar surface area (TPSA) is 26.3 Å². The molecule has 2 heteroatoms. The summed E-state index contributed by atoms with van der Waals surface area (Å²) in [5.41, 5.74) is 0. The molecule has 2 nitrogen and oxygen atoms in total. The van der Waals surface area contributed by atoms with Gasteiger partial charge >= 0.3 is 5.97 Å². The van der Waals surface area contributed by atoms with Gasteiger partial charge in [-0.1, -0.05) is 51.9 Å². The first kappa shape index (κ1) is 15.5. The van der Waals surface area contributed by atoms with Gasteiger partial charge in [-0.3, -0.25) is 4.79 Å². The molecule has 1 atom stereocenters. The normalized spacial score (nSPS) is 18.6. The lowest BCUT2D eigenvalue weighted by atomic mass is 9.86. The highest BCUT2D eigenvalue weighted by atomic mass is 16.5. The molecule has 0 heterocycles. The molecule has 0 aromatic carbocycles. The molecule has 0 bridgehead atoms. The maximum Gasteiger partial charge on any atom is 0.306 e. The Morgan fingerprint density at radius 1 is 1.11 bits per heavy atom. The molecule has 18 heavy (non-hydrogen) atoms. The van der Waals surface area contributed by atoms with Gasteiger partial charge in [0.15, 0.2) is 0 Å². The molecule has 0 saturated heterocycles. The van der Waals surface area contributed by atoms with Gasteiger partial charge in [0.05, 0.1) is 0 Å². The largest absolute Gasteiger partial charge is 0.462 e. The van der Waals surface area contributed by atoms with Gasteiger partial charge in [-0.25, -0.2) is 0 Å². The molecule has 1 aliphatic carbocycles. The molecule has 1 aliphatic rings. The zero-order valence-corrected chi connectivity index (χ0v) is 12.2. The molecular weight excluding hydrogens is 224 g/mol. The Morgan fingerprint density at radius 3 is 2.44 bits per heavy atom. The summed E-state index contributed by atoms with van der Waals surface area (Å²) >= 11 is 0. The SMILES string of the molecule is CCCCCCCC(=O)O[C@H](C)C1CCCCC1. The van der Waals surface area contributed by atoms with E-state index in [2.05, 4.69) is 13.8 Å². The van der Waals surface area contributed by atoms with Crippen LogP contribution in [-0.2, 0) is 9.53 Å². The molecule has 0 amide bonds. The Bertz CT molecular complexity index is 219. The van der Waals surface area contributed by atoms with Gasteiger partial charge in [0.1, 0.15) is 6.10 Å². The lowest BCUT2D eigenvalue weighted by Gasteiger charge is -2.27. The highest BCUT2D eigenvalue weighted by molar-refractivity contribution is 5.69. The Hall–Kier alpha value is -0.530. The average molecular weight is 254 g/mol. The second-order valence-electron chi connectivity index (χ2n) is 5.76. The van der Waals surface area contributed by atoms with Crippen LogP contribution < -0.4 is 0 Å². The van der Waals surface area contributed by atoms with Crippen molar-refractivity contribution in [1.82, 2.24) is 0 Å². The highest BCUT2D eigenvalue weighted by Gasteiger charge is 2.22. The molecular formula is C16H30O2. The van der Waals surface area contributed by atoms with Crippen LogP contribution in [0.5, 0.6) is 0 Å². The van der Waals surface area contributed by atoms with Crippen molar-refractivity contribution < 1.29 is 9.53 Å². The summed E-state index contributed by atoms with van der Waals surface area (Å²) in [6.45, 7) is 4.28. The molecule has 0 aliphatic heterocycles. The van der Waals surface area contributed by atoms with Crippen LogP contribution in [0, 0.1) is 5.92 Å². The van der Waals surface area contributed by atoms with Crippen LogP contribution in [0.15, 0.2) is 0 Å². The Labute approximate surface area is 112 Å². The van der Waals surface area contributed by atoms with Crippen molar-refractivity contribution in [3.63, 3.8) is 0 Å². The predicted molar refractivity (Wildman–Crippen MR) is 75.5 cm³/mol. The first-order valence-corrected chi connectivity index (χ1v) is 7.93. The van der Waals surface area contributed by atoms with E-state index in [0.717, 1.165) is 6.42 Å². The summed E-state index contributed by atoms with van der Waals surface area (Å²) in [4.78, 5) is 11.7. The number of hydrogen-bond donors (Lipinski definition) is 0. The minimum Gasteiger partial charge on any atom is -0.462 e. The van der Waals surface area contributed by atoms with E-state index in [1.165, 1.54) is 57.8 Å². The monoisotopic (exact) mass is 254 g/mol. The van der Waals surface area contributed by atoms with Crippen LogP contribution in [0.1, 0.15) is 84.5 Å². The second kappa shape index (κ2) is 9.41. The lowest BCUT2D eigenvalue weighted by Crippen LogP contribution is -2.25. The summed E-state index contributed by atoms with van der Waals surface area (Å²) in [5, 5.41) is 0. The van der Waals surface area contributed by atoms with Crippen molar-refractivity contribution in [2.45, 2.75) is 90.6 Å². The fourth-order valence-electron chi connectivity index (χ4n) is 2.84. The molecule has 1 rings (SSSR count). The molecule has 1 saturated carbocycles. The lowest BCUT2D eigenvalue weighted by molar-refractivity contribution is -0.151. The standard InChI is InChI=1S/C16H30O2/c1-3-4-5-6-10-13-16(17)18-14(2)15-11-8-7-9-12-15/h14-15H,3-13H2,1-2H3/t14-/m1/s1. The van der Waals surface area contributed by atoms with Crippen LogP contribution in [-0.4, -0.2) is 12.1 Å². The van der Waals surface area contributed by atoms with E-state index < -0.39 is 0 Å². The van der Waals surface area contributed by atoms with Crippen molar-refractivity contribution in [2.75, 3.05) is 0 Å². The van der Waals surface area contributed by atoms with Crippen LogP contribution in [0.2, 0.25) is 0 Å². The first-order valence-electron chi connectivity index (χ1n) is 7.93. The third kappa shape index (κ3) is 6.42.